The van der Waals surface area contributed by atoms with Gasteiger partial charge in [0.2, 0.25) is 0 Å². The first kappa shape index (κ1) is 14.1. The van der Waals surface area contributed by atoms with Gasteiger partial charge >= 0.3 is 58.4 Å². The number of hydrogen-bond donors (Lipinski definition) is 0. The molecule has 0 amide bonds. The summed E-state index contributed by atoms with van der Waals surface area (Å²) < 4.78 is 36.7. The molecular weight excluding hydrogens is 219 g/mol. The number of aryl methyl sites for hydroxylation is 1. The summed E-state index contributed by atoms with van der Waals surface area (Å²) in [7, 11) is 0. The largest absolute Gasteiger partial charge is 1.00 e. The summed E-state index contributed by atoms with van der Waals surface area (Å²) in [4.78, 5) is 3.36. The molecule has 0 spiro atoms. The SMILES string of the molecule is Cc1cc(C#N)ncc1[B-](F)(F)F.[K+]. The van der Waals surface area contributed by atoms with E-state index >= 15 is 0 Å². The Morgan fingerprint density at radius 3 is 2.36 bits per heavy atom. The standard InChI is InChI=1S/C7H5BF3N2.K/c1-5-2-6(3-12)13-4-7(5)8(9,10)11;/h2,4H,1H3;/q-1;+1. The van der Waals surface area contributed by atoms with E-state index in [9.17, 15) is 12.9 Å². The van der Waals surface area contributed by atoms with Crippen LogP contribution in [0.3, 0.4) is 0 Å². The van der Waals surface area contributed by atoms with Gasteiger partial charge in [0.15, 0.2) is 0 Å². The normalized spacial score (nSPS) is 10.2. The van der Waals surface area contributed by atoms with Crippen molar-refractivity contribution in [3.63, 3.8) is 0 Å². The molecule has 1 heterocycles. The van der Waals surface area contributed by atoms with Crippen molar-refractivity contribution in [1.29, 1.82) is 5.26 Å². The number of hydrogen-bond acceptors (Lipinski definition) is 2. The zero-order valence-corrected chi connectivity index (χ0v) is 10.9. The van der Waals surface area contributed by atoms with Crippen LogP contribution in [0, 0.1) is 18.3 Å². The fourth-order valence-corrected chi connectivity index (χ4v) is 0.970. The van der Waals surface area contributed by atoms with Crippen LogP contribution in [0.5, 0.6) is 0 Å². The molecule has 0 aliphatic heterocycles. The van der Waals surface area contributed by atoms with Gasteiger partial charge in [-0.3, -0.25) is 0 Å². The van der Waals surface area contributed by atoms with Crippen molar-refractivity contribution < 1.29 is 64.3 Å². The van der Waals surface area contributed by atoms with E-state index in [2.05, 4.69) is 4.98 Å². The van der Waals surface area contributed by atoms with Crippen LogP contribution in [-0.4, -0.2) is 12.0 Å². The molecule has 0 aromatic carbocycles. The van der Waals surface area contributed by atoms with E-state index in [1.54, 1.807) is 6.07 Å². The van der Waals surface area contributed by atoms with Crippen molar-refractivity contribution in [2.24, 2.45) is 0 Å². The van der Waals surface area contributed by atoms with Crippen molar-refractivity contribution in [3.8, 4) is 6.07 Å². The molecule has 0 aliphatic carbocycles. The molecule has 0 radical (unpaired) electrons. The van der Waals surface area contributed by atoms with Crippen LogP contribution in [0.25, 0.3) is 0 Å². The molecule has 0 saturated carbocycles. The van der Waals surface area contributed by atoms with Crippen molar-refractivity contribution in [3.05, 3.63) is 23.5 Å². The van der Waals surface area contributed by atoms with Crippen LogP contribution in [0.1, 0.15) is 11.3 Å². The smallest absolute Gasteiger partial charge is 0.445 e. The Morgan fingerprint density at radius 1 is 1.43 bits per heavy atom. The van der Waals surface area contributed by atoms with Crippen LogP contribution in [0.2, 0.25) is 0 Å². The van der Waals surface area contributed by atoms with Gasteiger partial charge in [-0.25, -0.2) is 4.98 Å². The number of rotatable bonds is 1. The van der Waals surface area contributed by atoms with E-state index in [1.807, 2.05) is 0 Å². The first-order valence-corrected chi connectivity index (χ1v) is 3.51. The zero-order chi connectivity index (χ0) is 10.1. The van der Waals surface area contributed by atoms with E-state index in [1.165, 1.54) is 6.92 Å². The van der Waals surface area contributed by atoms with Crippen molar-refractivity contribution in [2.75, 3.05) is 0 Å². The van der Waals surface area contributed by atoms with E-state index in [0.29, 0.717) is 6.20 Å². The minimum atomic E-state index is -5.02. The van der Waals surface area contributed by atoms with Gasteiger partial charge in [-0.15, -0.1) is 0 Å². The molecule has 1 aromatic heterocycles. The fraction of sp³-hybridized carbons (Fsp3) is 0.143. The van der Waals surface area contributed by atoms with Gasteiger partial charge < -0.3 is 12.9 Å². The third-order valence-electron chi connectivity index (χ3n) is 1.62. The van der Waals surface area contributed by atoms with E-state index in [0.717, 1.165) is 6.07 Å². The topological polar surface area (TPSA) is 36.7 Å². The van der Waals surface area contributed by atoms with Gasteiger partial charge in [-0.2, -0.15) is 5.26 Å². The minimum absolute atomic E-state index is 0. The van der Waals surface area contributed by atoms with Crippen LogP contribution < -0.4 is 56.8 Å². The average Bonchev–Trinajstić information content (AvgIpc) is 2.01. The van der Waals surface area contributed by atoms with Crippen LogP contribution in [0.15, 0.2) is 12.3 Å². The molecule has 0 unspecified atom stereocenters. The Morgan fingerprint density at radius 2 is 2.00 bits per heavy atom. The van der Waals surface area contributed by atoms with Gasteiger partial charge in [-0.05, 0) is 13.0 Å². The third kappa shape index (κ3) is 3.37. The van der Waals surface area contributed by atoms with Crippen LogP contribution >= 0.6 is 0 Å². The number of aromatic nitrogens is 1. The Hall–Kier alpha value is 0.131. The predicted octanol–water partition coefficient (Wildman–Crippen LogP) is -1.68. The second-order valence-electron chi connectivity index (χ2n) is 2.61. The Kier molecular flexibility index (Phi) is 5.33. The van der Waals surface area contributed by atoms with Crippen molar-refractivity contribution in [2.45, 2.75) is 6.92 Å². The molecule has 0 atom stereocenters. The Labute approximate surface area is 122 Å². The summed E-state index contributed by atoms with van der Waals surface area (Å²) in [5.74, 6) is 0. The molecule has 2 nitrogen and oxygen atoms in total. The summed E-state index contributed by atoms with van der Waals surface area (Å²) in [6.45, 7) is -3.71. The molecule has 0 bridgehead atoms. The maximum atomic E-state index is 12.2. The van der Waals surface area contributed by atoms with Gasteiger partial charge in [-0.1, -0.05) is 11.0 Å². The number of pyridine rings is 1. The van der Waals surface area contributed by atoms with Crippen molar-refractivity contribution in [1.82, 2.24) is 4.98 Å². The fourth-order valence-electron chi connectivity index (χ4n) is 0.970. The zero-order valence-electron chi connectivity index (χ0n) is 7.76. The predicted molar refractivity (Wildman–Crippen MR) is 42.4 cm³/mol. The molecule has 68 valence electrons. The number of nitrogens with zero attached hydrogens (tertiary/aromatic N) is 2. The van der Waals surface area contributed by atoms with E-state index in [4.69, 9.17) is 5.26 Å². The molecule has 0 fully saturated rings. The van der Waals surface area contributed by atoms with E-state index in [-0.39, 0.29) is 62.6 Å². The number of nitriles is 1. The maximum Gasteiger partial charge on any atom is 1.00 e. The van der Waals surface area contributed by atoms with Crippen LogP contribution in [0.4, 0.5) is 12.9 Å². The molecule has 14 heavy (non-hydrogen) atoms. The number of halogens is 3. The van der Waals surface area contributed by atoms with Gasteiger partial charge in [0, 0.05) is 6.20 Å². The molecule has 0 saturated heterocycles. The molecular formula is C7H5BF3KN2. The molecule has 0 N–H and O–H groups in total. The third-order valence-corrected chi connectivity index (χ3v) is 1.62. The quantitative estimate of drug-likeness (QED) is 0.534. The summed E-state index contributed by atoms with van der Waals surface area (Å²) in [6, 6.07) is 2.80. The minimum Gasteiger partial charge on any atom is -0.445 e. The van der Waals surface area contributed by atoms with Crippen molar-refractivity contribution >= 4 is 12.4 Å². The van der Waals surface area contributed by atoms with Crippen LogP contribution in [-0.2, 0) is 0 Å². The first-order chi connectivity index (χ1) is 5.95. The second-order valence-corrected chi connectivity index (χ2v) is 2.61. The molecule has 1 rings (SSSR count). The second kappa shape index (κ2) is 5.28. The molecule has 7 heteroatoms. The van der Waals surface area contributed by atoms with Gasteiger partial charge in [0.25, 0.3) is 0 Å². The summed E-state index contributed by atoms with van der Waals surface area (Å²) >= 11 is 0. The van der Waals surface area contributed by atoms with E-state index < -0.39 is 12.4 Å². The Bertz CT molecular complexity index is 372. The van der Waals surface area contributed by atoms with Gasteiger partial charge in [0.05, 0.1) is 0 Å². The summed E-state index contributed by atoms with van der Waals surface area (Å²) in [5, 5.41) is 8.37. The molecule has 0 aliphatic rings. The monoisotopic (exact) mass is 224 g/mol. The first-order valence-electron chi connectivity index (χ1n) is 3.51. The summed E-state index contributed by atoms with van der Waals surface area (Å²) in [5.41, 5.74) is -0.695. The Balaban J connectivity index is 0.00000169. The molecule has 1 aromatic rings. The van der Waals surface area contributed by atoms with Gasteiger partial charge in [0.1, 0.15) is 11.8 Å². The average molecular weight is 224 g/mol. The summed E-state index contributed by atoms with van der Waals surface area (Å²) in [6.07, 6.45) is 0.702. The maximum absolute atomic E-state index is 12.2.